The number of hydrogen-bond donors (Lipinski definition) is 1. The van der Waals surface area contributed by atoms with Crippen LogP contribution >= 0.6 is 0 Å². The molecule has 0 saturated heterocycles. The Bertz CT molecular complexity index is 166. The van der Waals surface area contributed by atoms with Crippen LogP contribution in [-0.4, -0.2) is 36.9 Å². The molecule has 76 valence electrons. The van der Waals surface area contributed by atoms with E-state index in [0.717, 1.165) is 0 Å². The molecule has 0 rings (SSSR count). The molecule has 0 radical (unpaired) electrons. The summed E-state index contributed by atoms with van der Waals surface area (Å²) in [7, 11) is 0. The van der Waals surface area contributed by atoms with Crippen LogP contribution in [0.25, 0.3) is 0 Å². The number of rotatable bonds is 6. The van der Waals surface area contributed by atoms with Crippen LogP contribution in [0.2, 0.25) is 0 Å². The van der Waals surface area contributed by atoms with Crippen molar-refractivity contribution in [2.75, 3.05) is 19.8 Å². The van der Waals surface area contributed by atoms with E-state index in [1.54, 1.807) is 0 Å². The maximum absolute atomic E-state index is 10.7. The first kappa shape index (κ1) is 12.1. The third-order valence-corrected chi connectivity index (χ3v) is 1.16. The minimum Gasteiger partial charge on any atom is -0.394 e. The van der Waals surface area contributed by atoms with Crippen molar-refractivity contribution in [2.45, 2.75) is 19.8 Å². The normalized spacial score (nSPS) is 9.69. The molecule has 0 aliphatic carbocycles. The van der Waals surface area contributed by atoms with Gasteiger partial charge in [0.2, 0.25) is 0 Å². The Labute approximate surface area is 76.6 Å². The van der Waals surface area contributed by atoms with Crippen molar-refractivity contribution < 1.29 is 24.2 Å². The molecule has 0 spiro atoms. The summed E-state index contributed by atoms with van der Waals surface area (Å²) in [6.07, 6.45) is 0.650. The predicted octanol–water partition coefficient (Wildman–Crippen LogP) is -0.135. The zero-order chi connectivity index (χ0) is 10.1. The highest BCUT2D eigenvalue weighted by molar-refractivity contribution is 5.83. The number of esters is 2. The van der Waals surface area contributed by atoms with Crippen molar-refractivity contribution in [3.63, 3.8) is 0 Å². The summed E-state index contributed by atoms with van der Waals surface area (Å²) in [5.41, 5.74) is 0. The first-order chi connectivity index (χ1) is 6.16. The zero-order valence-electron chi connectivity index (χ0n) is 7.62. The summed E-state index contributed by atoms with van der Waals surface area (Å²) in [5, 5.41) is 8.33. The van der Waals surface area contributed by atoms with Crippen LogP contribution in [0.3, 0.4) is 0 Å². The van der Waals surface area contributed by atoms with Crippen LogP contribution in [0, 0.1) is 0 Å². The van der Waals surface area contributed by atoms with Gasteiger partial charge in [-0.2, -0.15) is 0 Å². The Hall–Kier alpha value is -0.940. The van der Waals surface area contributed by atoms with Gasteiger partial charge >= 0.3 is 11.9 Å². The second-order valence-corrected chi connectivity index (χ2v) is 2.41. The molecule has 1 N–H and O–H groups in total. The predicted molar refractivity (Wildman–Crippen MR) is 43.9 cm³/mol. The lowest BCUT2D eigenvalue weighted by atomic mass is 10.3. The maximum atomic E-state index is 10.7. The zero-order valence-corrected chi connectivity index (χ0v) is 7.62. The van der Waals surface area contributed by atoms with Crippen molar-refractivity contribution in [1.82, 2.24) is 0 Å². The average molecular weight is 190 g/mol. The van der Waals surface area contributed by atoms with Crippen LogP contribution < -0.4 is 0 Å². The number of hydrogen-bond acceptors (Lipinski definition) is 5. The fraction of sp³-hybridized carbons (Fsp3) is 0.750. The molecular weight excluding hydrogens is 176 g/mol. The van der Waals surface area contributed by atoms with Gasteiger partial charge in [-0.25, -0.2) is 0 Å². The lowest BCUT2D eigenvalue weighted by molar-refractivity contribution is -0.158. The second-order valence-electron chi connectivity index (χ2n) is 2.41. The van der Waals surface area contributed by atoms with Gasteiger partial charge in [-0.15, -0.1) is 0 Å². The van der Waals surface area contributed by atoms with E-state index in [9.17, 15) is 9.59 Å². The Balaban J connectivity index is 3.22. The van der Waals surface area contributed by atoms with E-state index in [1.165, 1.54) is 6.92 Å². The summed E-state index contributed by atoms with van der Waals surface area (Å²) >= 11 is 0. The number of carbonyl (C=O) groups excluding carboxylic acids is 2. The third kappa shape index (κ3) is 8.97. The van der Waals surface area contributed by atoms with Gasteiger partial charge in [0, 0.05) is 20.0 Å². The first-order valence-corrected chi connectivity index (χ1v) is 4.06. The Morgan fingerprint density at radius 2 is 2.00 bits per heavy atom. The van der Waals surface area contributed by atoms with E-state index in [-0.39, 0.29) is 19.6 Å². The summed E-state index contributed by atoms with van der Waals surface area (Å²) in [4.78, 5) is 21.0. The molecule has 0 bridgehead atoms. The maximum Gasteiger partial charge on any atom is 0.313 e. The molecule has 0 atom stereocenters. The van der Waals surface area contributed by atoms with Gasteiger partial charge in [0.15, 0.2) is 0 Å². The van der Waals surface area contributed by atoms with Gasteiger partial charge in [-0.05, 0) is 6.42 Å². The minimum absolute atomic E-state index is 0.0299. The lowest BCUT2D eigenvalue weighted by Gasteiger charge is -2.01. The fourth-order valence-corrected chi connectivity index (χ4v) is 0.697. The highest BCUT2D eigenvalue weighted by Crippen LogP contribution is 1.93. The number of aliphatic hydroxyl groups excluding tert-OH is 1. The van der Waals surface area contributed by atoms with Crippen molar-refractivity contribution in [3.8, 4) is 0 Å². The van der Waals surface area contributed by atoms with Gasteiger partial charge in [-0.3, -0.25) is 9.59 Å². The van der Waals surface area contributed by atoms with E-state index >= 15 is 0 Å². The molecule has 0 fully saturated rings. The van der Waals surface area contributed by atoms with E-state index in [0.29, 0.717) is 13.0 Å². The first-order valence-electron chi connectivity index (χ1n) is 4.06. The van der Waals surface area contributed by atoms with Crippen LogP contribution in [0.5, 0.6) is 0 Å². The van der Waals surface area contributed by atoms with Gasteiger partial charge in [0.25, 0.3) is 0 Å². The molecule has 0 aromatic heterocycles. The van der Waals surface area contributed by atoms with Crippen molar-refractivity contribution in [2.24, 2.45) is 0 Å². The average Bonchev–Trinajstić information content (AvgIpc) is 2.02. The highest BCUT2D eigenvalue weighted by atomic mass is 16.6. The molecule has 0 saturated carbocycles. The molecule has 0 aromatic rings. The van der Waals surface area contributed by atoms with E-state index in [2.05, 4.69) is 4.74 Å². The topological polar surface area (TPSA) is 72.8 Å². The summed E-state index contributed by atoms with van der Waals surface area (Å²) in [6, 6.07) is 0. The monoisotopic (exact) mass is 190 g/mol. The smallest absolute Gasteiger partial charge is 0.313 e. The molecule has 0 amide bonds. The summed E-state index contributed by atoms with van der Waals surface area (Å²) < 4.78 is 9.17. The lowest BCUT2D eigenvalue weighted by Crippen LogP contribution is -2.10. The van der Waals surface area contributed by atoms with Crippen LogP contribution in [0.1, 0.15) is 19.8 Å². The van der Waals surface area contributed by atoms with Gasteiger partial charge in [-0.1, -0.05) is 0 Å². The van der Waals surface area contributed by atoms with Crippen LogP contribution in [-0.2, 0) is 19.1 Å². The summed E-state index contributed by atoms with van der Waals surface area (Å²) in [5.74, 6) is -1.14. The standard InChI is InChI=1S/C8H14O5/c1-7(10)13-8(11)3-2-5-12-6-4-9/h9H,2-6H2,1H3. The second kappa shape index (κ2) is 7.70. The Morgan fingerprint density at radius 3 is 2.54 bits per heavy atom. The fourth-order valence-electron chi connectivity index (χ4n) is 0.697. The minimum atomic E-state index is -0.596. The van der Waals surface area contributed by atoms with Crippen LogP contribution in [0.4, 0.5) is 0 Å². The van der Waals surface area contributed by atoms with E-state index in [1.807, 2.05) is 0 Å². The van der Waals surface area contributed by atoms with Gasteiger partial charge < -0.3 is 14.6 Å². The Kier molecular flexibility index (Phi) is 7.14. The molecule has 0 aromatic carbocycles. The molecular formula is C8H14O5. The highest BCUT2D eigenvalue weighted by Gasteiger charge is 2.04. The number of ether oxygens (including phenoxy) is 2. The van der Waals surface area contributed by atoms with Crippen molar-refractivity contribution >= 4 is 11.9 Å². The number of aliphatic hydroxyl groups is 1. The molecule has 13 heavy (non-hydrogen) atoms. The van der Waals surface area contributed by atoms with E-state index in [4.69, 9.17) is 9.84 Å². The van der Waals surface area contributed by atoms with E-state index < -0.39 is 11.9 Å². The quantitative estimate of drug-likeness (QED) is 0.358. The molecule has 5 nitrogen and oxygen atoms in total. The number of carbonyl (C=O) groups is 2. The molecule has 0 heterocycles. The third-order valence-electron chi connectivity index (χ3n) is 1.16. The molecule has 0 aliphatic rings. The van der Waals surface area contributed by atoms with Gasteiger partial charge in [0.1, 0.15) is 0 Å². The molecule has 5 heteroatoms. The van der Waals surface area contributed by atoms with Crippen molar-refractivity contribution in [1.29, 1.82) is 0 Å². The summed E-state index contributed by atoms with van der Waals surface area (Å²) in [6.45, 7) is 1.80. The Morgan fingerprint density at radius 1 is 1.31 bits per heavy atom. The molecule has 0 unspecified atom stereocenters. The van der Waals surface area contributed by atoms with Gasteiger partial charge in [0.05, 0.1) is 13.2 Å². The van der Waals surface area contributed by atoms with Crippen molar-refractivity contribution in [3.05, 3.63) is 0 Å². The SMILES string of the molecule is CC(=O)OC(=O)CCCOCCO. The van der Waals surface area contributed by atoms with Crippen LogP contribution in [0.15, 0.2) is 0 Å². The molecule has 0 aliphatic heterocycles. The largest absolute Gasteiger partial charge is 0.394 e.